The number of hydrogen-bond acceptors (Lipinski definition) is 4. The number of rotatable bonds is 6. The van der Waals surface area contributed by atoms with Crippen LogP contribution in [0.1, 0.15) is 18.1 Å². The summed E-state index contributed by atoms with van der Waals surface area (Å²) in [5, 5.41) is 3.40. The Morgan fingerprint density at radius 3 is 2.30 bits per heavy atom. The standard InChI is InChI=1S/C28H32N4O/c1-22(28(33)32-16-15-24-9-5-6-10-27(24)32)29-25-11-13-26(14-12-25)31-19-17-30(18-20-31)21-23-7-3-2-4-8-23/h2-14,22,29H,15-21H2,1H3/t22-/m1/s1. The number of amides is 1. The van der Waals surface area contributed by atoms with Gasteiger partial charge in [-0.2, -0.15) is 0 Å². The van der Waals surface area contributed by atoms with Gasteiger partial charge in [0.2, 0.25) is 5.91 Å². The SMILES string of the molecule is C[C@@H](Nc1ccc(N2CCN(Cc3ccccc3)CC2)cc1)C(=O)N1CCc2ccccc21. The van der Waals surface area contributed by atoms with Gasteiger partial charge in [0.25, 0.3) is 0 Å². The fourth-order valence-corrected chi connectivity index (χ4v) is 4.89. The normalized spacial score (nSPS) is 17.0. The highest BCUT2D eigenvalue weighted by Crippen LogP contribution is 2.28. The summed E-state index contributed by atoms with van der Waals surface area (Å²) in [6.45, 7) is 7.93. The molecule has 0 bridgehead atoms. The average Bonchev–Trinajstić information content (AvgIpc) is 3.29. The van der Waals surface area contributed by atoms with Gasteiger partial charge >= 0.3 is 0 Å². The molecule has 5 nitrogen and oxygen atoms in total. The van der Waals surface area contributed by atoms with Crippen LogP contribution in [0.3, 0.4) is 0 Å². The molecule has 1 N–H and O–H groups in total. The smallest absolute Gasteiger partial charge is 0.249 e. The minimum absolute atomic E-state index is 0.124. The number of hydrogen-bond donors (Lipinski definition) is 1. The molecule has 1 fully saturated rings. The van der Waals surface area contributed by atoms with Crippen LogP contribution in [0.15, 0.2) is 78.9 Å². The first-order valence-electron chi connectivity index (χ1n) is 11.9. The maximum absolute atomic E-state index is 13.0. The Labute approximate surface area is 196 Å². The Hall–Kier alpha value is -3.31. The van der Waals surface area contributed by atoms with Gasteiger partial charge in [-0.15, -0.1) is 0 Å². The first-order valence-corrected chi connectivity index (χ1v) is 11.9. The Morgan fingerprint density at radius 2 is 1.55 bits per heavy atom. The molecule has 170 valence electrons. The molecule has 0 aliphatic carbocycles. The molecule has 1 amide bonds. The van der Waals surface area contributed by atoms with E-state index in [0.717, 1.165) is 57.1 Å². The van der Waals surface area contributed by atoms with Crippen LogP contribution >= 0.6 is 0 Å². The van der Waals surface area contributed by atoms with Gasteiger partial charge in [0.1, 0.15) is 6.04 Å². The van der Waals surface area contributed by atoms with E-state index in [2.05, 4.69) is 75.8 Å². The highest BCUT2D eigenvalue weighted by atomic mass is 16.2. The van der Waals surface area contributed by atoms with Gasteiger partial charge in [-0.1, -0.05) is 48.5 Å². The minimum Gasteiger partial charge on any atom is -0.374 e. The fraction of sp³-hybridized carbons (Fsp3) is 0.321. The average molecular weight is 441 g/mol. The zero-order valence-electron chi connectivity index (χ0n) is 19.3. The molecule has 1 saturated heterocycles. The molecule has 3 aromatic rings. The highest BCUT2D eigenvalue weighted by Gasteiger charge is 2.27. The summed E-state index contributed by atoms with van der Waals surface area (Å²) in [5.74, 6) is 0.124. The fourth-order valence-electron chi connectivity index (χ4n) is 4.89. The van der Waals surface area contributed by atoms with Crippen LogP contribution < -0.4 is 15.1 Å². The van der Waals surface area contributed by atoms with E-state index in [1.54, 1.807) is 0 Å². The van der Waals surface area contributed by atoms with Crippen LogP contribution in [0, 0.1) is 0 Å². The lowest BCUT2D eigenvalue weighted by Crippen LogP contribution is -2.45. The van der Waals surface area contributed by atoms with Crippen molar-refractivity contribution in [1.29, 1.82) is 0 Å². The van der Waals surface area contributed by atoms with Crippen LogP contribution in [0.2, 0.25) is 0 Å². The van der Waals surface area contributed by atoms with Crippen LogP contribution in [-0.4, -0.2) is 49.6 Å². The largest absolute Gasteiger partial charge is 0.374 e. The van der Waals surface area contributed by atoms with Gasteiger partial charge in [0, 0.05) is 56.3 Å². The van der Waals surface area contributed by atoms with Crippen molar-refractivity contribution in [2.75, 3.05) is 47.8 Å². The molecule has 0 spiro atoms. The first kappa shape index (κ1) is 21.5. The van der Waals surface area contributed by atoms with E-state index >= 15 is 0 Å². The third-order valence-corrected chi connectivity index (χ3v) is 6.76. The van der Waals surface area contributed by atoms with Crippen molar-refractivity contribution in [3.05, 3.63) is 90.0 Å². The summed E-state index contributed by atoms with van der Waals surface area (Å²) >= 11 is 0. The maximum atomic E-state index is 13.0. The molecular formula is C28H32N4O. The summed E-state index contributed by atoms with van der Waals surface area (Å²) in [7, 11) is 0. The van der Waals surface area contributed by atoms with Crippen molar-refractivity contribution in [2.45, 2.75) is 25.9 Å². The predicted molar refractivity (Wildman–Crippen MR) is 136 cm³/mol. The Bertz CT molecular complexity index is 1070. The summed E-state index contributed by atoms with van der Waals surface area (Å²) in [5.41, 5.74) is 5.91. The topological polar surface area (TPSA) is 38.8 Å². The van der Waals surface area contributed by atoms with Crippen molar-refractivity contribution in [3.8, 4) is 0 Å². The number of carbonyl (C=O) groups excluding carboxylic acids is 1. The molecule has 2 heterocycles. The molecule has 33 heavy (non-hydrogen) atoms. The third kappa shape index (κ3) is 4.88. The van der Waals surface area contributed by atoms with Gasteiger partial charge in [-0.3, -0.25) is 9.69 Å². The maximum Gasteiger partial charge on any atom is 0.249 e. The van der Waals surface area contributed by atoms with Crippen molar-refractivity contribution in [1.82, 2.24) is 4.90 Å². The molecule has 3 aromatic carbocycles. The second-order valence-electron chi connectivity index (χ2n) is 9.03. The Balaban J connectivity index is 1.14. The van der Waals surface area contributed by atoms with Crippen molar-refractivity contribution in [3.63, 3.8) is 0 Å². The van der Waals surface area contributed by atoms with E-state index in [1.807, 2.05) is 30.0 Å². The van der Waals surface area contributed by atoms with Gasteiger partial charge in [0.15, 0.2) is 0 Å². The Morgan fingerprint density at radius 1 is 0.848 bits per heavy atom. The molecule has 0 saturated carbocycles. The van der Waals surface area contributed by atoms with E-state index in [1.165, 1.54) is 16.8 Å². The molecule has 5 rings (SSSR count). The second-order valence-corrected chi connectivity index (χ2v) is 9.03. The molecule has 2 aliphatic rings. The lowest BCUT2D eigenvalue weighted by Gasteiger charge is -2.36. The van der Waals surface area contributed by atoms with E-state index in [4.69, 9.17) is 0 Å². The Kier molecular flexibility index (Phi) is 6.31. The lowest BCUT2D eigenvalue weighted by molar-refractivity contribution is -0.118. The van der Waals surface area contributed by atoms with Crippen LogP contribution in [-0.2, 0) is 17.8 Å². The van der Waals surface area contributed by atoms with E-state index in [9.17, 15) is 4.79 Å². The second kappa shape index (κ2) is 9.67. The van der Waals surface area contributed by atoms with E-state index in [0.29, 0.717) is 0 Å². The van der Waals surface area contributed by atoms with Crippen molar-refractivity contribution in [2.24, 2.45) is 0 Å². The zero-order chi connectivity index (χ0) is 22.6. The van der Waals surface area contributed by atoms with Crippen LogP contribution in [0.4, 0.5) is 17.1 Å². The van der Waals surface area contributed by atoms with Gasteiger partial charge in [-0.05, 0) is 54.8 Å². The zero-order valence-corrected chi connectivity index (χ0v) is 19.3. The third-order valence-electron chi connectivity index (χ3n) is 6.76. The summed E-state index contributed by atoms with van der Waals surface area (Å²) < 4.78 is 0. The number of fused-ring (bicyclic) bond motifs is 1. The molecule has 0 aromatic heterocycles. The molecule has 1 atom stereocenters. The van der Waals surface area contributed by atoms with E-state index in [-0.39, 0.29) is 11.9 Å². The monoisotopic (exact) mass is 440 g/mol. The summed E-state index contributed by atoms with van der Waals surface area (Å²) in [4.78, 5) is 19.9. The molecule has 0 unspecified atom stereocenters. The lowest BCUT2D eigenvalue weighted by atomic mass is 10.1. The van der Waals surface area contributed by atoms with Crippen molar-refractivity contribution >= 4 is 23.0 Å². The molecule has 5 heteroatoms. The molecule has 0 radical (unpaired) electrons. The highest BCUT2D eigenvalue weighted by molar-refractivity contribution is 6.00. The number of nitrogens with one attached hydrogen (secondary N) is 1. The number of carbonyl (C=O) groups is 1. The number of anilines is 3. The number of benzene rings is 3. The number of para-hydroxylation sites is 1. The predicted octanol–water partition coefficient (Wildman–Crippen LogP) is 4.40. The number of piperazine rings is 1. The van der Waals surface area contributed by atoms with Gasteiger partial charge < -0.3 is 15.1 Å². The quantitative estimate of drug-likeness (QED) is 0.617. The number of nitrogens with zero attached hydrogens (tertiary/aromatic N) is 3. The minimum atomic E-state index is -0.275. The summed E-state index contributed by atoms with van der Waals surface area (Å²) in [6, 6.07) is 27.1. The van der Waals surface area contributed by atoms with Gasteiger partial charge in [-0.25, -0.2) is 0 Å². The first-order chi connectivity index (χ1) is 16.2. The van der Waals surface area contributed by atoms with Gasteiger partial charge in [0.05, 0.1) is 0 Å². The summed E-state index contributed by atoms with van der Waals surface area (Å²) in [6.07, 6.45) is 0.932. The van der Waals surface area contributed by atoms with Crippen LogP contribution in [0.25, 0.3) is 0 Å². The van der Waals surface area contributed by atoms with E-state index < -0.39 is 0 Å². The molecule has 2 aliphatic heterocycles. The van der Waals surface area contributed by atoms with Crippen LogP contribution in [0.5, 0.6) is 0 Å². The molecular weight excluding hydrogens is 408 g/mol. The van der Waals surface area contributed by atoms with Crippen molar-refractivity contribution < 1.29 is 4.79 Å².